The van der Waals surface area contributed by atoms with Crippen molar-refractivity contribution in [3.05, 3.63) is 52.9 Å². The Morgan fingerprint density at radius 1 is 1.12 bits per heavy atom. The van der Waals surface area contributed by atoms with Gasteiger partial charge in [0.2, 0.25) is 0 Å². The summed E-state index contributed by atoms with van der Waals surface area (Å²) in [5.74, 6) is -0.428. The van der Waals surface area contributed by atoms with E-state index >= 15 is 0 Å². The van der Waals surface area contributed by atoms with Crippen LogP contribution in [-0.4, -0.2) is 28.8 Å². The molecule has 5 rings (SSSR count). The van der Waals surface area contributed by atoms with Gasteiger partial charge in [-0.25, -0.2) is 4.68 Å². The first-order chi connectivity index (χ1) is 11.6. The van der Waals surface area contributed by atoms with Crippen molar-refractivity contribution in [3.8, 4) is 5.69 Å². The Kier molecular flexibility index (Phi) is 2.89. The fraction of sp³-hybridized carbons (Fsp3) is 0.450. The third kappa shape index (κ3) is 1.78. The second-order valence-electron chi connectivity index (χ2n) is 7.43. The second kappa shape index (κ2) is 4.80. The molecule has 2 aliphatic carbocycles. The molecule has 1 aromatic heterocycles. The summed E-state index contributed by atoms with van der Waals surface area (Å²) in [5, 5.41) is 4.66. The average Bonchev–Trinajstić information content (AvgIpc) is 3.27. The van der Waals surface area contributed by atoms with Crippen LogP contribution >= 0.6 is 0 Å². The van der Waals surface area contributed by atoms with Gasteiger partial charge >= 0.3 is 0 Å². The summed E-state index contributed by atoms with van der Waals surface area (Å²) in [5.41, 5.74) is 6.23. The van der Waals surface area contributed by atoms with Crippen LogP contribution in [0.1, 0.15) is 36.6 Å². The Morgan fingerprint density at radius 2 is 1.88 bits per heavy atom. The zero-order valence-corrected chi connectivity index (χ0v) is 14.2. The molecule has 24 heavy (non-hydrogen) atoms. The molecule has 0 radical (unpaired) electrons. The molecule has 0 N–H and O–H groups in total. The van der Waals surface area contributed by atoms with E-state index in [9.17, 15) is 0 Å². The summed E-state index contributed by atoms with van der Waals surface area (Å²) in [4.78, 5) is 0. The summed E-state index contributed by atoms with van der Waals surface area (Å²) in [7, 11) is 0. The molecule has 1 saturated carbocycles. The number of hydrogen-bond donors (Lipinski definition) is 0. The predicted octanol–water partition coefficient (Wildman–Crippen LogP) is 3.66. The highest BCUT2D eigenvalue weighted by atomic mass is 16.7. The molecule has 2 fully saturated rings. The first kappa shape index (κ1) is 14.4. The standard InChI is InChI=1S/C20H22N2O2/c1-14-3-5-17(6-4-14)22-18-11-16-7-8-20(23-9-10-24-20)19(16,2)12-15(18)13-21-22/h3-6,11,13H,7-10,12H2,1-2H3. The number of benzene rings is 1. The topological polar surface area (TPSA) is 36.3 Å². The third-order valence-corrected chi connectivity index (χ3v) is 6.05. The number of hydrogen-bond acceptors (Lipinski definition) is 3. The minimum atomic E-state index is -0.428. The minimum Gasteiger partial charge on any atom is -0.347 e. The number of nitrogens with zero attached hydrogens (tertiary/aromatic N) is 2. The Bertz CT molecular complexity index is 828. The van der Waals surface area contributed by atoms with E-state index in [1.165, 1.54) is 22.4 Å². The zero-order chi connectivity index (χ0) is 16.4. The number of ether oxygens (including phenoxy) is 2. The molecular weight excluding hydrogens is 300 g/mol. The van der Waals surface area contributed by atoms with Gasteiger partial charge in [-0.15, -0.1) is 0 Å². The Hall–Kier alpha value is -1.91. The maximum Gasteiger partial charge on any atom is 0.178 e. The van der Waals surface area contributed by atoms with Gasteiger partial charge in [0, 0.05) is 11.8 Å². The Labute approximate surface area is 142 Å². The van der Waals surface area contributed by atoms with Crippen LogP contribution in [-0.2, 0) is 15.9 Å². The van der Waals surface area contributed by atoms with E-state index in [-0.39, 0.29) is 5.41 Å². The molecule has 1 aliphatic heterocycles. The van der Waals surface area contributed by atoms with Crippen molar-refractivity contribution in [1.82, 2.24) is 9.78 Å². The van der Waals surface area contributed by atoms with Crippen molar-refractivity contribution in [1.29, 1.82) is 0 Å². The molecule has 4 heteroatoms. The molecular formula is C20H22N2O2. The van der Waals surface area contributed by atoms with Gasteiger partial charge in [-0.2, -0.15) is 5.10 Å². The number of rotatable bonds is 1. The number of fused-ring (bicyclic) bond motifs is 3. The van der Waals surface area contributed by atoms with Gasteiger partial charge in [0.1, 0.15) is 0 Å². The lowest BCUT2D eigenvalue weighted by Gasteiger charge is -2.41. The van der Waals surface area contributed by atoms with Crippen LogP contribution in [0.5, 0.6) is 0 Å². The monoisotopic (exact) mass is 322 g/mol. The van der Waals surface area contributed by atoms with Gasteiger partial charge in [-0.05, 0) is 43.5 Å². The summed E-state index contributed by atoms with van der Waals surface area (Å²) in [6, 6.07) is 8.53. The molecule has 4 nitrogen and oxygen atoms in total. The van der Waals surface area contributed by atoms with Crippen molar-refractivity contribution in [2.75, 3.05) is 13.2 Å². The highest BCUT2D eigenvalue weighted by molar-refractivity contribution is 5.62. The van der Waals surface area contributed by atoms with Crippen molar-refractivity contribution >= 4 is 6.08 Å². The van der Waals surface area contributed by atoms with E-state index in [1.54, 1.807) is 0 Å². The summed E-state index contributed by atoms with van der Waals surface area (Å²) < 4.78 is 14.3. The average molecular weight is 322 g/mol. The van der Waals surface area contributed by atoms with Crippen LogP contribution in [0.2, 0.25) is 0 Å². The highest BCUT2D eigenvalue weighted by Crippen LogP contribution is 2.58. The van der Waals surface area contributed by atoms with Gasteiger partial charge in [-0.3, -0.25) is 0 Å². The van der Waals surface area contributed by atoms with Crippen molar-refractivity contribution in [2.45, 2.75) is 38.9 Å². The van der Waals surface area contributed by atoms with Crippen molar-refractivity contribution in [2.24, 2.45) is 5.41 Å². The maximum absolute atomic E-state index is 6.10. The van der Waals surface area contributed by atoms with Crippen LogP contribution in [0.15, 0.2) is 36.0 Å². The molecule has 1 spiro atoms. The van der Waals surface area contributed by atoms with Crippen molar-refractivity contribution in [3.63, 3.8) is 0 Å². The molecule has 2 aromatic rings. The molecule has 1 aromatic carbocycles. The quantitative estimate of drug-likeness (QED) is 0.804. The molecule has 2 heterocycles. The normalized spacial score (nSPS) is 27.2. The lowest BCUT2D eigenvalue weighted by Crippen LogP contribution is -2.46. The first-order valence-electron chi connectivity index (χ1n) is 8.74. The maximum atomic E-state index is 6.10. The number of aryl methyl sites for hydroxylation is 1. The number of aromatic nitrogens is 2. The summed E-state index contributed by atoms with van der Waals surface area (Å²) in [6.07, 6.45) is 7.26. The molecule has 124 valence electrons. The van der Waals surface area contributed by atoms with Crippen LogP contribution in [0.4, 0.5) is 0 Å². The summed E-state index contributed by atoms with van der Waals surface area (Å²) >= 11 is 0. The first-order valence-corrected chi connectivity index (χ1v) is 8.74. The van der Waals surface area contributed by atoms with Gasteiger partial charge < -0.3 is 9.47 Å². The van der Waals surface area contributed by atoms with Crippen LogP contribution in [0.3, 0.4) is 0 Å². The van der Waals surface area contributed by atoms with E-state index < -0.39 is 5.79 Å². The zero-order valence-electron chi connectivity index (χ0n) is 14.2. The molecule has 1 unspecified atom stereocenters. The Morgan fingerprint density at radius 3 is 2.62 bits per heavy atom. The molecule has 1 saturated heterocycles. The lowest BCUT2D eigenvalue weighted by molar-refractivity contribution is -0.208. The molecule has 3 aliphatic rings. The molecule has 0 amide bonds. The van der Waals surface area contributed by atoms with E-state index in [0.29, 0.717) is 13.2 Å². The molecule has 0 bridgehead atoms. The fourth-order valence-electron chi connectivity index (χ4n) is 4.61. The molecule has 1 atom stereocenters. The highest BCUT2D eigenvalue weighted by Gasteiger charge is 2.59. The van der Waals surface area contributed by atoms with Gasteiger partial charge in [0.05, 0.1) is 30.8 Å². The van der Waals surface area contributed by atoms with Gasteiger partial charge in [0.15, 0.2) is 5.79 Å². The van der Waals surface area contributed by atoms with E-state index in [4.69, 9.17) is 9.47 Å². The summed E-state index contributed by atoms with van der Waals surface area (Å²) in [6.45, 7) is 5.81. The predicted molar refractivity (Wildman–Crippen MR) is 92.0 cm³/mol. The Balaban J connectivity index is 1.60. The largest absolute Gasteiger partial charge is 0.347 e. The minimum absolute atomic E-state index is 0.0718. The van der Waals surface area contributed by atoms with E-state index in [1.807, 2.05) is 6.20 Å². The van der Waals surface area contributed by atoms with Crippen LogP contribution < -0.4 is 0 Å². The second-order valence-corrected chi connectivity index (χ2v) is 7.43. The van der Waals surface area contributed by atoms with E-state index in [2.05, 4.69) is 54.0 Å². The van der Waals surface area contributed by atoms with E-state index in [0.717, 1.165) is 24.9 Å². The van der Waals surface area contributed by atoms with Crippen LogP contribution in [0.25, 0.3) is 11.8 Å². The third-order valence-electron chi connectivity index (χ3n) is 6.05. The lowest BCUT2D eigenvalue weighted by atomic mass is 9.72. The van der Waals surface area contributed by atoms with Crippen molar-refractivity contribution < 1.29 is 9.47 Å². The SMILES string of the molecule is Cc1ccc(-n2ncc3c2C=C2CCC4(OCCO4)C2(C)C3)cc1. The van der Waals surface area contributed by atoms with Crippen LogP contribution in [0, 0.1) is 12.3 Å². The van der Waals surface area contributed by atoms with Gasteiger partial charge in [-0.1, -0.05) is 30.2 Å². The van der Waals surface area contributed by atoms with Gasteiger partial charge in [0.25, 0.3) is 0 Å². The fourth-order valence-corrected chi connectivity index (χ4v) is 4.61. The smallest absolute Gasteiger partial charge is 0.178 e.